The lowest BCUT2D eigenvalue weighted by molar-refractivity contribution is 0.0601. The fourth-order valence-corrected chi connectivity index (χ4v) is 1.71. The quantitative estimate of drug-likeness (QED) is 0.814. The van der Waals surface area contributed by atoms with E-state index in [0.29, 0.717) is 11.5 Å². The molecule has 3 heteroatoms. The second-order valence-corrected chi connectivity index (χ2v) is 4.77. The third-order valence-electron chi connectivity index (χ3n) is 2.61. The summed E-state index contributed by atoms with van der Waals surface area (Å²) in [5.41, 5.74) is 7.55. The Balaban J connectivity index is 2.63. The molecule has 1 rings (SSSR count). The van der Waals surface area contributed by atoms with Gasteiger partial charge >= 0.3 is 5.97 Å². The maximum Gasteiger partial charge on any atom is 0.337 e. The Morgan fingerprint density at radius 1 is 1.33 bits per heavy atom. The number of rotatable bonds is 5. The molecule has 0 aliphatic rings. The van der Waals surface area contributed by atoms with Gasteiger partial charge in [-0.3, -0.25) is 0 Å². The van der Waals surface area contributed by atoms with Crippen LogP contribution in [0.2, 0.25) is 0 Å². The van der Waals surface area contributed by atoms with Crippen LogP contribution in [0, 0.1) is 5.92 Å². The summed E-state index contributed by atoms with van der Waals surface area (Å²) in [6.07, 6.45) is 4.94. The third kappa shape index (κ3) is 4.72. The molecule has 0 bridgehead atoms. The van der Waals surface area contributed by atoms with Crippen molar-refractivity contribution in [3.8, 4) is 0 Å². The van der Waals surface area contributed by atoms with Crippen molar-refractivity contribution in [3.05, 3.63) is 41.5 Å². The lowest BCUT2D eigenvalue weighted by Gasteiger charge is -2.08. The second-order valence-electron chi connectivity index (χ2n) is 4.77. The maximum atomic E-state index is 11.3. The average Bonchev–Trinajstić information content (AvgIpc) is 2.35. The predicted molar refractivity (Wildman–Crippen MR) is 74.2 cm³/mol. The molecule has 0 unspecified atom stereocenters. The Morgan fingerprint density at radius 2 is 1.94 bits per heavy atom. The van der Waals surface area contributed by atoms with E-state index < -0.39 is 0 Å². The van der Waals surface area contributed by atoms with Crippen molar-refractivity contribution >= 4 is 12.0 Å². The van der Waals surface area contributed by atoms with E-state index >= 15 is 0 Å². The molecule has 1 aromatic carbocycles. The Labute approximate surface area is 109 Å². The zero-order chi connectivity index (χ0) is 13.5. The number of hydrogen-bond acceptors (Lipinski definition) is 3. The van der Waals surface area contributed by atoms with Crippen LogP contribution in [0.1, 0.15) is 36.2 Å². The van der Waals surface area contributed by atoms with Gasteiger partial charge in [0.05, 0.1) is 12.7 Å². The van der Waals surface area contributed by atoms with Gasteiger partial charge in [-0.2, -0.15) is 0 Å². The van der Waals surface area contributed by atoms with Gasteiger partial charge in [-0.05, 0) is 30.0 Å². The Hall–Kier alpha value is -1.61. The van der Waals surface area contributed by atoms with Crippen LogP contribution in [0.25, 0.3) is 6.08 Å². The van der Waals surface area contributed by atoms with E-state index in [0.717, 1.165) is 12.0 Å². The van der Waals surface area contributed by atoms with Gasteiger partial charge in [0.1, 0.15) is 0 Å². The van der Waals surface area contributed by atoms with Crippen molar-refractivity contribution in [2.24, 2.45) is 11.7 Å². The molecule has 0 aliphatic heterocycles. The fraction of sp³-hybridized carbons (Fsp3) is 0.400. The molecular weight excluding hydrogens is 226 g/mol. The van der Waals surface area contributed by atoms with Gasteiger partial charge < -0.3 is 10.5 Å². The standard InChI is InChI=1S/C15H21NO2/c1-11(2)10-14(16)9-6-12-4-7-13(8-5-12)15(17)18-3/h4-9,11,14H,10,16H2,1-3H3/t14-/m1/s1. The highest BCUT2D eigenvalue weighted by atomic mass is 16.5. The minimum absolute atomic E-state index is 0.0743. The number of carbonyl (C=O) groups excluding carboxylic acids is 1. The van der Waals surface area contributed by atoms with Crippen molar-refractivity contribution in [1.29, 1.82) is 0 Å². The van der Waals surface area contributed by atoms with Gasteiger partial charge in [0.25, 0.3) is 0 Å². The van der Waals surface area contributed by atoms with Crippen molar-refractivity contribution in [2.75, 3.05) is 7.11 Å². The molecule has 0 amide bonds. The fourth-order valence-electron chi connectivity index (χ4n) is 1.71. The van der Waals surface area contributed by atoms with Crippen molar-refractivity contribution in [2.45, 2.75) is 26.3 Å². The van der Waals surface area contributed by atoms with Crippen LogP contribution in [0.3, 0.4) is 0 Å². The molecule has 0 radical (unpaired) electrons. The second kappa shape index (κ2) is 6.97. The van der Waals surface area contributed by atoms with Gasteiger partial charge in [-0.1, -0.05) is 38.1 Å². The van der Waals surface area contributed by atoms with Crippen LogP contribution in [0.15, 0.2) is 30.3 Å². The molecule has 3 nitrogen and oxygen atoms in total. The first-order chi connectivity index (χ1) is 8.52. The van der Waals surface area contributed by atoms with Crippen LogP contribution in [0.4, 0.5) is 0 Å². The molecule has 0 fully saturated rings. The molecule has 0 spiro atoms. The molecule has 0 saturated carbocycles. The van der Waals surface area contributed by atoms with Crippen molar-refractivity contribution in [3.63, 3.8) is 0 Å². The van der Waals surface area contributed by atoms with E-state index in [-0.39, 0.29) is 12.0 Å². The van der Waals surface area contributed by atoms with Gasteiger partial charge in [-0.25, -0.2) is 4.79 Å². The highest BCUT2D eigenvalue weighted by molar-refractivity contribution is 5.89. The van der Waals surface area contributed by atoms with E-state index in [2.05, 4.69) is 18.6 Å². The molecule has 0 saturated heterocycles. The first kappa shape index (κ1) is 14.5. The molecule has 0 heterocycles. The van der Waals surface area contributed by atoms with Gasteiger partial charge in [0, 0.05) is 6.04 Å². The summed E-state index contributed by atoms with van der Waals surface area (Å²) in [5, 5.41) is 0. The lowest BCUT2D eigenvalue weighted by Crippen LogP contribution is -2.18. The van der Waals surface area contributed by atoms with Crippen molar-refractivity contribution < 1.29 is 9.53 Å². The van der Waals surface area contributed by atoms with Gasteiger partial charge in [0.15, 0.2) is 0 Å². The summed E-state index contributed by atoms with van der Waals surface area (Å²) in [4.78, 5) is 11.3. The maximum absolute atomic E-state index is 11.3. The Kier molecular flexibility index (Phi) is 5.59. The zero-order valence-electron chi connectivity index (χ0n) is 11.2. The largest absolute Gasteiger partial charge is 0.465 e. The summed E-state index contributed by atoms with van der Waals surface area (Å²) < 4.78 is 4.64. The zero-order valence-corrected chi connectivity index (χ0v) is 11.2. The van der Waals surface area contributed by atoms with E-state index in [1.54, 1.807) is 12.1 Å². The number of ether oxygens (including phenoxy) is 1. The first-order valence-electron chi connectivity index (χ1n) is 6.15. The highest BCUT2D eigenvalue weighted by Gasteiger charge is 2.04. The Morgan fingerprint density at radius 3 is 2.44 bits per heavy atom. The van der Waals surface area contributed by atoms with E-state index in [1.165, 1.54) is 7.11 Å². The van der Waals surface area contributed by atoms with Gasteiger partial charge in [-0.15, -0.1) is 0 Å². The summed E-state index contributed by atoms with van der Waals surface area (Å²) >= 11 is 0. The lowest BCUT2D eigenvalue weighted by atomic mass is 10.0. The summed E-state index contributed by atoms with van der Waals surface area (Å²) in [5.74, 6) is 0.272. The minimum atomic E-state index is -0.318. The SMILES string of the molecule is COC(=O)c1ccc(C=C[C@@H](N)CC(C)C)cc1. The topological polar surface area (TPSA) is 52.3 Å². The average molecular weight is 247 g/mol. The number of hydrogen-bond donors (Lipinski definition) is 1. The third-order valence-corrected chi connectivity index (χ3v) is 2.61. The number of esters is 1. The molecule has 2 N–H and O–H groups in total. The monoisotopic (exact) mass is 247 g/mol. The van der Waals surface area contributed by atoms with E-state index in [4.69, 9.17) is 5.73 Å². The van der Waals surface area contributed by atoms with E-state index in [1.807, 2.05) is 24.3 Å². The van der Waals surface area contributed by atoms with Crippen molar-refractivity contribution in [1.82, 2.24) is 0 Å². The first-order valence-corrected chi connectivity index (χ1v) is 6.15. The molecular formula is C15H21NO2. The van der Waals surface area contributed by atoms with Crippen LogP contribution in [-0.4, -0.2) is 19.1 Å². The summed E-state index contributed by atoms with van der Waals surface area (Å²) in [6.45, 7) is 4.30. The normalized spacial score (nSPS) is 12.9. The predicted octanol–water partition coefficient (Wildman–Crippen LogP) is 2.86. The number of methoxy groups -OCH3 is 1. The molecule has 18 heavy (non-hydrogen) atoms. The summed E-state index contributed by atoms with van der Waals surface area (Å²) in [7, 11) is 1.38. The van der Waals surface area contributed by atoms with Crippen LogP contribution >= 0.6 is 0 Å². The number of nitrogens with two attached hydrogens (primary N) is 1. The number of carbonyl (C=O) groups is 1. The molecule has 0 aliphatic carbocycles. The molecule has 1 atom stereocenters. The van der Waals surface area contributed by atoms with E-state index in [9.17, 15) is 4.79 Å². The number of benzene rings is 1. The van der Waals surface area contributed by atoms with Gasteiger partial charge in [0.2, 0.25) is 0 Å². The van der Waals surface area contributed by atoms with Crippen LogP contribution in [-0.2, 0) is 4.74 Å². The molecule has 0 aromatic heterocycles. The Bertz CT molecular complexity index is 407. The summed E-state index contributed by atoms with van der Waals surface area (Å²) in [6, 6.07) is 7.33. The minimum Gasteiger partial charge on any atom is -0.465 e. The van der Waals surface area contributed by atoms with Crippen LogP contribution < -0.4 is 5.73 Å². The molecule has 98 valence electrons. The van der Waals surface area contributed by atoms with Crippen LogP contribution in [0.5, 0.6) is 0 Å². The smallest absolute Gasteiger partial charge is 0.337 e. The molecule has 1 aromatic rings. The highest BCUT2D eigenvalue weighted by Crippen LogP contribution is 2.09.